The van der Waals surface area contributed by atoms with Crippen LogP contribution in [0.5, 0.6) is 5.75 Å². The molecule has 7 heteroatoms. The Kier molecular flexibility index (Phi) is 10.5. The summed E-state index contributed by atoms with van der Waals surface area (Å²) in [6.45, 7) is 0. The maximum absolute atomic E-state index is 9.79. The first-order valence-corrected chi connectivity index (χ1v) is 6.39. The van der Waals surface area contributed by atoms with Crippen LogP contribution in [-0.4, -0.2) is 18.4 Å². The number of rotatable bonds is 3. The molecule has 6 nitrogen and oxygen atoms in total. The van der Waals surface area contributed by atoms with Gasteiger partial charge in [-0.05, 0) is 35.0 Å². The van der Waals surface area contributed by atoms with Crippen LogP contribution in [0, 0.1) is 4.91 Å². The molecule has 0 bridgehead atoms. The number of benzene rings is 2. The van der Waals surface area contributed by atoms with Crippen LogP contribution in [0.25, 0.3) is 11.3 Å². The van der Waals surface area contributed by atoms with E-state index in [2.05, 4.69) is 10.2 Å². The molecule has 0 amide bonds. The van der Waals surface area contributed by atoms with Gasteiger partial charge in [-0.25, -0.2) is 0 Å². The fourth-order valence-electron chi connectivity index (χ4n) is 1.53. The van der Waals surface area contributed by atoms with Crippen LogP contribution in [0.2, 0.25) is 0 Å². The molecule has 2 aromatic rings. The molecule has 2 aromatic carbocycles. The largest absolute Gasteiger partial charge is 0.699 e. The zero-order valence-electron chi connectivity index (χ0n) is 12.7. The van der Waals surface area contributed by atoms with Crippen LogP contribution in [0.3, 0.4) is 0 Å². The molecule has 23 heavy (non-hydrogen) atoms. The molecule has 0 aliphatic heterocycles. The van der Waals surface area contributed by atoms with Gasteiger partial charge >= 0.3 is 0 Å². The first-order valence-electron chi connectivity index (χ1n) is 6.39. The minimum Gasteiger partial charge on any atom is -0.699 e. The molecule has 4 N–H and O–H groups in total. The third-order valence-electron chi connectivity index (χ3n) is 2.62. The molecule has 2 rings (SSSR count). The van der Waals surface area contributed by atoms with Gasteiger partial charge in [0.1, 0.15) is 11.4 Å². The molecule has 0 heterocycles. The standard InChI is InChI=1S/C10H12N3.C6H5NO2.Y/c1-13-7-9(6-11)8-2-4-10(12)5-3-8;8-6-3-1-5(7-9)2-4-6;/h2-7,12H,11H2,1H3;1-4,8H;/q-1;;/b9-6+,13-7?;;. The molecular weight excluding hydrogens is 369 g/mol. The van der Waals surface area contributed by atoms with Gasteiger partial charge in [-0.3, -0.25) is 4.99 Å². The maximum Gasteiger partial charge on any atom is 0.115 e. The second kappa shape index (κ2) is 11.5. The Balaban J connectivity index is 0.000000427. The van der Waals surface area contributed by atoms with Gasteiger partial charge in [0.05, 0.1) is 0 Å². The number of nitrogens with two attached hydrogens (primary N) is 1. The van der Waals surface area contributed by atoms with E-state index in [4.69, 9.17) is 16.6 Å². The Morgan fingerprint density at radius 1 is 1.13 bits per heavy atom. The number of aliphatic imine (C=N–C) groups is 1. The molecule has 0 spiro atoms. The number of phenols is 1. The topological polar surface area (TPSA) is 112 Å². The zero-order chi connectivity index (χ0) is 16.4. The normalized spacial score (nSPS) is 10.4. The number of aromatic hydroxyl groups is 1. The molecule has 0 saturated carbocycles. The second-order valence-corrected chi connectivity index (χ2v) is 4.19. The van der Waals surface area contributed by atoms with E-state index in [-0.39, 0.29) is 38.5 Å². The van der Waals surface area contributed by atoms with Crippen molar-refractivity contribution in [3.63, 3.8) is 0 Å². The summed E-state index contributed by atoms with van der Waals surface area (Å²) in [4.78, 5) is 13.7. The van der Waals surface area contributed by atoms with Gasteiger partial charge in [0.25, 0.3) is 0 Å². The summed E-state index contributed by atoms with van der Waals surface area (Å²) in [7, 11) is 1.70. The van der Waals surface area contributed by atoms with Crippen LogP contribution in [0.4, 0.5) is 11.4 Å². The molecule has 0 fully saturated rings. The van der Waals surface area contributed by atoms with Gasteiger partial charge in [0, 0.05) is 57.7 Å². The van der Waals surface area contributed by atoms with Crippen LogP contribution < -0.4 is 5.73 Å². The first kappa shape index (κ1) is 21.0. The number of nitrogens with zero attached hydrogens (tertiary/aromatic N) is 2. The van der Waals surface area contributed by atoms with E-state index >= 15 is 0 Å². The smallest absolute Gasteiger partial charge is 0.115 e. The van der Waals surface area contributed by atoms with Crippen molar-refractivity contribution >= 4 is 23.2 Å². The van der Waals surface area contributed by atoms with Crippen molar-refractivity contribution in [3.8, 4) is 5.75 Å². The maximum atomic E-state index is 9.79. The Bertz CT molecular complexity index is 653. The molecule has 0 aliphatic carbocycles. The number of phenolic OH excluding ortho intramolecular Hbond substituents is 1. The quantitative estimate of drug-likeness (QED) is 0.610. The van der Waals surface area contributed by atoms with Crippen molar-refractivity contribution in [2.75, 3.05) is 7.05 Å². The van der Waals surface area contributed by atoms with Crippen molar-refractivity contribution < 1.29 is 37.8 Å². The molecule has 0 aromatic heterocycles. The van der Waals surface area contributed by atoms with E-state index in [0.29, 0.717) is 11.4 Å². The number of allylic oxidation sites excluding steroid dienone is 1. The Morgan fingerprint density at radius 3 is 2.13 bits per heavy atom. The van der Waals surface area contributed by atoms with Crippen LogP contribution in [0.1, 0.15) is 5.56 Å². The predicted molar refractivity (Wildman–Crippen MR) is 90.6 cm³/mol. The van der Waals surface area contributed by atoms with Crippen LogP contribution >= 0.6 is 0 Å². The third kappa shape index (κ3) is 7.67. The minimum absolute atomic E-state index is 0. The van der Waals surface area contributed by atoms with Crippen LogP contribution in [-0.2, 0) is 32.7 Å². The van der Waals surface area contributed by atoms with Crippen molar-refractivity contribution in [1.82, 2.24) is 0 Å². The molecule has 0 saturated heterocycles. The van der Waals surface area contributed by atoms with E-state index in [9.17, 15) is 4.91 Å². The summed E-state index contributed by atoms with van der Waals surface area (Å²) in [6.07, 6.45) is 3.20. The molecule has 0 unspecified atom stereocenters. The number of hydrogen-bond donors (Lipinski definition) is 2. The fourth-order valence-corrected chi connectivity index (χ4v) is 1.53. The van der Waals surface area contributed by atoms with Crippen LogP contribution in [0.15, 0.2) is 64.9 Å². The monoisotopic (exact) mass is 386 g/mol. The molecule has 0 aliphatic rings. The van der Waals surface area contributed by atoms with Gasteiger partial charge in [0.2, 0.25) is 0 Å². The average molecular weight is 386 g/mol. The number of hydrogen-bond acceptors (Lipinski definition) is 5. The van der Waals surface area contributed by atoms with E-state index in [1.165, 1.54) is 30.5 Å². The van der Waals surface area contributed by atoms with E-state index in [1.54, 1.807) is 25.4 Å². The summed E-state index contributed by atoms with van der Waals surface area (Å²) in [5.74, 6) is 0.141. The summed E-state index contributed by atoms with van der Waals surface area (Å²) in [5, 5.41) is 11.4. The fraction of sp³-hybridized carbons (Fsp3) is 0.0625. The van der Waals surface area contributed by atoms with E-state index in [0.717, 1.165) is 11.1 Å². The van der Waals surface area contributed by atoms with Crippen molar-refractivity contribution in [2.24, 2.45) is 15.9 Å². The van der Waals surface area contributed by atoms with Gasteiger partial charge in [-0.1, -0.05) is 24.3 Å². The summed E-state index contributed by atoms with van der Waals surface area (Å²) in [5.41, 5.74) is 15.4. The van der Waals surface area contributed by atoms with Gasteiger partial charge in [0.15, 0.2) is 0 Å². The molecule has 0 atom stereocenters. The number of nitroso groups, excluding NO2 is 1. The predicted octanol–water partition coefficient (Wildman–Crippen LogP) is 4.16. The third-order valence-corrected chi connectivity index (χ3v) is 2.62. The SMILES string of the molecule is CN=C/C(=C\N)c1ccc([NH-])cc1.O=Nc1ccc(O)cc1.[Y]. The van der Waals surface area contributed by atoms with Crippen molar-refractivity contribution in [1.29, 1.82) is 0 Å². The molecule has 1 radical (unpaired) electrons. The van der Waals surface area contributed by atoms with Crippen molar-refractivity contribution in [2.45, 2.75) is 0 Å². The van der Waals surface area contributed by atoms with Gasteiger partial charge in [-0.15, -0.1) is 10.6 Å². The first-order chi connectivity index (χ1) is 10.6. The van der Waals surface area contributed by atoms with E-state index in [1.807, 2.05) is 12.1 Å². The summed E-state index contributed by atoms with van der Waals surface area (Å²) >= 11 is 0. The average Bonchev–Trinajstić information content (AvgIpc) is 2.55. The van der Waals surface area contributed by atoms with Crippen molar-refractivity contribution in [3.05, 3.63) is 70.9 Å². The summed E-state index contributed by atoms with van der Waals surface area (Å²) in [6, 6.07) is 12.9. The Morgan fingerprint density at radius 2 is 1.70 bits per heavy atom. The van der Waals surface area contributed by atoms with Gasteiger partial charge < -0.3 is 16.6 Å². The Labute approximate surface area is 160 Å². The second-order valence-electron chi connectivity index (χ2n) is 4.19. The zero-order valence-corrected chi connectivity index (χ0v) is 15.5. The number of nitrogens with one attached hydrogen (secondary N) is 1. The summed E-state index contributed by atoms with van der Waals surface area (Å²) < 4.78 is 0. The molecular formula is C16H17N4O2Y-. The minimum atomic E-state index is 0. The van der Waals surface area contributed by atoms with Gasteiger partial charge in [-0.2, -0.15) is 0 Å². The molecule has 117 valence electrons. The van der Waals surface area contributed by atoms with E-state index < -0.39 is 0 Å². The Hall–Kier alpha value is -2.05.